The lowest BCUT2D eigenvalue weighted by Crippen LogP contribution is -1.96. The van der Waals surface area contributed by atoms with Gasteiger partial charge >= 0.3 is 5.97 Å². The van der Waals surface area contributed by atoms with Crippen molar-refractivity contribution in [2.45, 2.75) is 0 Å². The van der Waals surface area contributed by atoms with E-state index in [1.165, 1.54) is 12.1 Å². The summed E-state index contributed by atoms with van der Waals surface area (Å²) in [6.45, 7) is 0. The van der Waals surface area contributed by atoms with E-state index < -0.39 is 5.97 Å². The van der Waals surface area contributed by atoms with Crippen molar-refractivity contribution in [1.82, 2.24) is 9.78 Å². The van der Waals surface area contributed by atoms with Gasteiger partial charge in [0.2, 0.25) is 0 Å². The van der Waals surface area contributed by atoms with Gasteiger partial charge in [-0.1, -0.05) is 0 Å². The second kappa shape index (κ2) is 5.13. The van der Waals surface area contributed by atoms with Crippen LogP contribution >= 0.6 is 0 Å². The van der Waals surface area contributed by atoms with Crippen molar-refractivity contribution in [2.24, 2.45) is 12.1 Å². The van der Waals surface area contributed by atoms with Gasteiger partial charge in [-0.2, -0.15) is 10.2 Å². The first kappa shape index (κ1) is 11.8. The van der Waals surface area contributed by atoms with Gasteiger partial charge in [0.25, 0.3) is 0 Å². The summed E-state index contributed by atoms with van der Waals surface area (Å²) < 4.78 is 1.68. The quantitative estimate of drug-likeness (QED) is 0.632. The van der Waals surface area contributed by atoms with E-state index in [4.69, 9.17) is 5.11 Å². The molecular formula is C12H12N4O2. The highest BCUT2D eigenvalue weighted by molar-refractivity contribution is 5.88. The molecule has 0 atom stereocenters. The van der Waals surface area contributed by atoms with Gasteiger partial charge in [-0.3, -0.25) is 10.1 Å². The molecule has 0 aliphatic heterocycles. The number of carbonyl (C=O) groups is 1. The number of hydrazone groups is 1. The molecule has 1 heterocycles. The van der Waals surface area contributed by atoms with Gasteiger partial charge in [0.15, 0.2) is 0 Å². The highest BCUT2D eigenvalue weighted by Gasteiger charge is 2.00. The molecule has 2 aromatic rings. The van der Waals surface area contributed by atoms with Crippen LogP contribution in [-0.4, -0.2) is 27.1 Å². The Balaban J connectivity index is 1.98. The number of nitrogens with one attached hydrogen (secondary N) is 1. The number of benzene rings is 1. The summed E-state index contributed by atoms with van der Waals surface area (Å²) in [5.74, 6) is -0.944. The van der Waals surface area contributed by atoms with Crippen molar-refractivity contribution < 1.29 is 9.90 Å². The maximum Gasteiger partial charge on any atom is 0.335 e. The largest absolute Gasteiger partial charge is 0.478 e. The van der Waals surface area contributed by atoms with Crippen molar-refractivity contribution in [3.63, 3.8) is 0 Å². The lowest BCUT2D eigenvalue weighted by Gasteiger charge is -1.99. The molecule has 0 spiro atoms. The number of aromatic carboxylic acids is 1. The molecule has 92 valence electrons. The molecule has 18 heavy (non-hydrogen) atoms. The SMILES string of the molecule is Cn1cc(C=NNc2ccc(C(=O)O)cc2)cn1. The van der Waals surface area contributed by atoms with Crippen molar-refractivity contribution in [3.8, 4) is 0 Å². The Bertz CT molecular complexity index is 572. The van der Waals surface area contributed by atoms with Gasteiger partial charge in [-0.05, 0) is 24.3 Å². The van der Waals surface area contributed by atoms with Crippen LogP contribution in [0.3, 0.4) is 0 Å². The lowest BCUT2D eigenvalue weighted by molar-refractivity contribution is 0.0697. The highest BCUT2D eigenvalue weighted by atomic mass is 16.4. The molecule has 6 nitrogen and oxygen atoms in total. The van der Waals surface area contributed by atoms with E-state index >= 15 is 0 Å². The van der Waals surface area contributed by atoms with Gasteiger partial charge < -0.3 is 5.11 Å². The summed E-state index contributed by atoms with van der Waals surface area (Å²) in [5.41, 5.74) is 4.66. The third-order valence-corrected chi connectivity index (χ3v) is 2.26. The van der Waals surface area contributed by atoms with Crippen LogP contribution < -0.4 is 5.43 Å². The van der Waals surface area contributed by atoms with Gasteiger partial charge in [0.1, 0.15) is 0 Å². The molecule has 0 saturated carbocycles. The molecule has 0 aliphatic rings. The first-order valence-electron chi connectivity index (χ1n) is 5.26. The van der Waals surface area contributed by atoms with Crippen LogP contribution in [0.4, 0.5) is 5.69 Å². The Morgan fingerprint density at radius 3 is 2.72 bits per heavy atom. The Morgan fingerprint density at radius 2 is 2.17 bits per heavy atom. The molecule has 0 bridgehead atoms. The fourth-order valence-electron chi connectivity index (χ4n) is 1.38. The third-order valence-electron chi connectivity index (χ3n) is 2.26. The average molecular weight is 244 g/mol. The summed E-state index contributed by atoms with van der Waals surface area (Å²) in [6.07, 6.45) is 5.16. The zero-order chi connectivity index (χ0) is 13.0. The number of aromatic nitrogens is 2. The molecule has 0 saturated heterocycles. The smallest absolute Gasteiger partial charge is 0.335 e. The molecular weight excluding hydrogens is 232 g/mol. The van der Waals surface area contributed by atoms with E-state index in [0.717, 1.165) is 11.3 Å². The summed E-state index contributed by atoms with van der Waals surface area (Å²) in [6, 6.07) is 6.35. The van der Waals surface area contributed by atoms with Gasteiger partial charge in [-0.15, -0.1) is 0 Å². The summed E-state index contributed by atoms with van der Waals surface area (Å²) >= 11 is 0. The summed E-state index contributed by atoms with van der Waals surface area (Å²) in [4.78, 5) is 10.7. The minimum absolute atomic E-state index is 0.247. The number of hydrogen-bond acceptors (Lipinski definition) is 4. The fraction of sp³-hybridized carbons (Fsp3) is 0.0833. The van der Waals surface area contributed by atoms with E-state index in [1.54, 1.807) is 29.2 Å². The number of rotatable bonds is 4. The average Bonchev–Trinajstić information content (AvgIpc) is 2.76. The molecule has 2 N–H and O–H groups in total. The number of aryl methyl sites for hydroxylation is 1. The van der Waals surface area contributed by atoms with Crippen LogP contribution in [0.5, 0.6) is 0 Å². The molecule has 0 radical (unpaired) electrons. The Kier molecular flexibility index (Phi) is 3.38. The van der Waals surface area contributed by atoms with E-state index in [9.17, 15) is 4.79 Å². The number of nitrogens with zero attached hydrogens (tertiary/aromatic N) is 3. The molecule has 2 rings (SSSR count). The van der Waals surface area contributed by atoms with Crippen LogP contribution in [0.15, 0.2) is 41.8 Å². The van der Waals surface area contributed by atoms with Crippen molar-refractivity contribution in [3.05, 3.63) is 47.8 Å². The Labute approximate surface area is 104 Å². The lowest BCUT2D eigenvalue weighted by atomic mass is 10.2. The maximum atomic E-state index is 10.7. The van der Waals surface area contributed by atoms with Crippen LogP contribution in [-0.2, 0) is 7.05 Å². The van der Waals surface area contributed by atoms with E-state index in [0.29, 0.717) is 0 Å². The van der Waals surface area contributed by atoms with E-state index in [2.05, 4.69) is 15.6 Å². The zero-order valence-electron chi connectivity index (χ0n) is 9.74. The topological polar surface area (TPSA) is 79.5 Å². The first-order valence-corrected chi connectivity index (χ1v) is 5.26. The normalized spacial score (nSPS) is 10.7. The highest BCUT2D eigenvalue weighted by Crippen LogP contribution is 2.09. The summed E-state index contributed by atoms with van der Waals surface area (Å²) in [5, 5.41) is 16.8. The summed E-state index contributed by atoms with van der Waals surface area (Å²) in [7, 11) is 1.83. The standard InChI is InChI=1S/C12H12N4O2/c1-16-8-9(7-14-16)6-13-15-11-4-2-10(3-5-11)12(17)18/h2-8,15H,1H3,(H,17,18). The molecule has 1 aromatic heterocycles. The second-order valence-corrected chi connectivity index (χ2v) is 3.70. The second-order valence-electron chi connectivity index (χ2n) is 3.70. The predicted molar refractivity (Wildman–Crippen MR) is 67.8 cm³/mol. The van der Waals surface area contributed by atoms with Crippen LogP contribution in [0, 0.1) is 0 Å². The molecule has 0 amide bonds. The van der Waals surface area contributed by atoms with E-state index in [1.807, 2.05) is 13.2 Å². The zero-order valence-corrected chi connectivity index (χ0v) is 9.74. The number of carboxylic acid groups (broad SMARTS) is 1. The van der Waals surface area contributed by atoms with Crippen molar-refractivity contribution in [1.29, 1.82) is 0 Å². The number of hydrogen-bond donors (Lipinski definition) is 2. The molecule has 0 aliphatic carbocycles. The van der Waals surface area contributed by atoms with Gasteiger partial charge in [0.05, 0.1) is 23.7 Å². The minimum Gasteiger partial charge on any atom is -0.478 e. The van der Waals surface area contributed by atoms with Crippen LogP contribution in [0.1, 0.15) is 15.9 Å². The van der Waals surface area contributed by atoms with Crippen molar-refractivity contribution >= 4 is 17.9 Å². The minimum atomic E-state index is -0.944. The van der Waals surface area contributed by atoms with E-state index in [-0.39, 0.29) is 5.56 Å². The molecule has 1 aromatic carbocycles. The first-order chi connectivity index (χ1) is 8.65. The van der Waals surface area contributed by atoms with Crippen molar-refractivity contribution in [2.75, 3.05) is 5.43 Å². The fourth-order valence-corrected chi connectivity index (χ4v) is 1.38. The van der Waals surface area contributed by atoms with Gasteiger partial charge in [0, 0.05) is 18.8 Å². The number of anilines is 1. The van der Waals surface area contributed by atoms with Crippen LogP contribution in [0.2, 0.25) is 0 Å². The Hall–Kier alpha value is -2.63. The molecule has 0 fully saturated rings. The van der Waals surface area contributed by atoms with Gasteiger partial charge in [-0.25, -0.2) is 4.79 Å². The van der Waals surface area contributed by atoms with Crippen LogP contribution in [0.25, 0.3) is 0 Å². The molecule has 6 heteroatoms. The number of carboxylic acids is 1. The monoisotopic (exact) mass is 244 g/mol. The third kappa shape index (κ3) is 2.94. The Morgan fingerprint density at radius 1 is 1.44 bits per heavy atom. The molecule has 0 unspecified atom stereocenters. The predicted octanol–water partition coefficient (Wildman–Crippen LogP) is 1.56. The maximum absolute atomic E-state index is 10.7.